The number of hydrogen-bond acceptors (Lipinski definition) is 2. The summed E-state index contributed by atoms with van der Waals surface area (Å²) in [7, 11) is 0. The molecule has 1 N–H and O–H groups in total. The molecule has 3 nitrogen and oxygen atoms in total. The number of nitrogens with zero attached hydrogens (tertiary/aromatic N) is 1. The maximum Gasteiger partial charge on any atom is 0.254 e. The Morgan fingerprint density at radius 3 is 2.70 bits per heavy atom. The topological polar surface area (TPSA) is 32.3 Å². The average Bonchev–Trinajstić information content (AvgIpc) is 2.96. The summed E-state index contributed by atoms with van der Waals surface area (Å²) in [6, 6.07) is 8.43. The van der Waals surface area contributed by atoms with Crippen LogP contribution in [0.4, 0.5) is 5.69 Å². The van der Waals surface area contributed by atoms with E-state index in [2.05, 4.69) is 17.1 Å². The van der Waals surface area contributed by atoms with E-state index in [0.29, 0.717) is 6.04 Å². The summed E-state index contributed by atoms with van der Waals surface area (Å²) in [4.78, 5) is 14.9. The highest BCUT2D eigenvalue weighted by atomic mass is 16.2. The number of carbonyl (C=O) groups is 1. The zero-order valence-corrected chi connectivity index (χ0v) is 12.3. The van der Waals surface area contributed by atoms with Crippen LogP contribution in [0.3, 0.4) is 0 Å². The maximum absolute atomic E-state index is 12.7. The first kappa shape index (κ1) is 13.5. The molecule has 0 spiro atoms. The van der Waals surface area contributed by atoms with Crippen molar-refractivity contribution in [3.63, 3.8) is 0 Å². The summed E-state index contributed by atoms with van der Waals surface area (Å²) >= 11 is 0. The lowest BCUT2D eigenvalue weighted by molar-refractivity contribution is 0.0548. The van der Waals surface area contributed by atoms with Crippen molar-refractivity contribution in [2.45, 2.75) is 45.1 Å². The fraction of sp³-hybridized carbons (Fsp3) is 0.588. The Balaban J connectivity index is 1.74. The van der Waals surface area contributed by atoms with Crippen molar-refractivity contribution < 1.29 is 4.79 Å². The molecule has 2 unspecified atom stereocenters. The second-order valence-corrected chi connectivity index (χ2v) is 6.01. The Hall–Kier alpha value is -1.51. The summed E-state index contributed by atoms with van der Waals surface area (Å²) in [5, 5.41) is 3.27. The monoisotopic (exact) mass is 272 g/mol. The van der Waals surface area contributed by atoms with Crippen molar-refractivity contribution >= 4 is 11.6 Å². The van der Waals surface area contributed by atoms with E-state index >= 15 is 0 Å². The molecule has 0 bridgehead atoms. The number of piperidine rings is 1. The van der Waals surface area contributed by atoms with E-state index in [1.54, 1.807) is 0 Å². The van der Waals surface area contributed by atoms with E-state index in [0.717, 1.165) is 30.3 Å². The molecule has 2 fully saturated rings. The summed E-state index contributed by atoms with van der Waals surface area (Å²) in [5.41, 5.74) is 1.92. The van der Waals surface area contributed by atoms with Crippen molar-refractivity contribution in [1.82, 2.24) is 4.90 Å². The highest BCUT2D eigenvalue weighted by molar-refractivity contribution is 5.94. The summed E-state index contributed by atoms with van der Waals surface area (Å²) in [6.07, 6.45) is 6.29. The van der Waals surface area contributed by atoms with E-state index in [9.17, 15) is 4.79 Å². The molecule has 3 heteroatoms. The lowest BCUT2D eigenvalue weighted by Crippen LogP contribution is -2.46. The third-order valence-corrected chi connectivity index (χ3v) is 4.77. The number of carbonyl (C=O) groups excluding carboxylic acids is 1. The Kier molecular flexibility index (Phi) is 3.95. The van der Waals surface area contributed by atoms with Gasteiger partial charge in [0.2, 0.25) is 0 Å². The largest absolute Gasteiger partial charge is 0.385 e. The van der Waals surface area contributed by atoms with Crippen LogP contribution < -0.4 is 5.32 Å². The van der Waals surface area contributed by atoms with Gasteiger partial charge >= 0.3 is 0 Å². The van der Waals surface area contributed by atoms with Crippen LogP contribution in [0.2, 0.25) is 0 Å². The quantitative estimate of drug-likeness (QED) is 0.913. The van der Waals surface area contributed by atoms with Gasteiger partial charge in [-0.2, -0.15) is 0 Å². The average molecular weight is 272 g/mol. The predicted molar refractivity (Wildman–Crippen MR) is 82.0 cm³/mol. The van der Waals surface area contributed by atoms with Gasteiger partial charge < -0.3 is 10.2 Å². The molecule has 20 heavy (non-hydrogen) atoms. The third-order valence-electron chi connectivity index (χ3n) is 4.77. The van der Waals surface area contributed by atoms with E-state index in [1.165, 1.54) is 32.1 Å². The first-order valence-electron chi connectivity index (χ1n) is 7.94. The number of benzene rings is 1. The van der Waals surface area contributed by atoms with Gasteiger partial charge in [-0.3, -0.25) is 4.79 Å². The highest BCUT2D eigenvalue weighted by Crippen LogP contribution is 2.37. The molecular formula is C17H24N2O. The zero-order valence-electron chi connectivity index (χ0n) is 12.3. The third kappa shape index (κ3) is 2.54. The number of amides is 1. The second-order valence-electron chi connectivity index (χ2n) is 6.01. The van der Waals surface area contributed by atoms with Gasteiger partial charge in [-0.15, -0.1) is 0 Å². The van der Waals surface area contributed by atoms with Gasteiger partial charge in [0.1, 0.15) is 0 Å². The van der Waals surface area contributed by atoms with Crippen LogP contribution >= 0.6 is 0 Å². The number of fused-ring (bicyclic) bond motifs is 1. The van der Waals surface area contributed by atoms with Crippen molar-refractivity contribution in [1.29, 1.82) is 0 Å². The van der Waals surface area contributed by atoms with Crippen LogP contribution in [-0.4, -0.2) is 29.9 Å². The molecule has 1 aromatic carbocycles. The van der Waals surface area contributed by atoms with E-state index in [4.69, 9.17) is 0 Å². The van der Waals surface area contributed by atoms with Gasteiger partial charge in [0.25, 0.3) is 5.91 Å². The zero-order chi connectivity index (χ0) is 13.9. The minimum absolute atomic E-state index is 0.227. The molecule has 2 aliphatic rings. The lowest BCUT2D eigenvalue weighted by atomic mass is 9.91. The maximum atomic E-state index is 12.7. The number of likely N-dealkylation sites (tertiary alicyclic amines) is 1. The van der Waals surface area contributed by atoms with Crippen molar-refractivity contribution in [2.75, 3.05) is 18.4 Å². The molecule has 1 saturated heterocycles. The smallest absolute Gasteiger partial charge is 0.254 e. The van der Waals surface area contributed by atoms with Gasteiger partial charge in [-0.25, -0.2) is 0 Å². The summed E-state index contributed by atoms with van der Waals surface area (Å²) in [5.74, 6) is 0.985. The van der Waals surface area contributed by atoms with Gasteiger partial charge in [-0.05, 0) is 62.8 Å². The van der Waals surface area contributed by atoms with Gasteiger partial charge in [0.15, 0.2) is 0 Å². The van der Waals surface area contributed by atoms with Crippen LogP contribution in [0.5, 0.6) is 0 Å². The SMILES string of the molecule is CCNc1ccc(C(=O)N2CCCC3CCCC32)cc1. The Morgan fingerprint density at radius 2 is 1.95 bits per heavy atom. The highest BCUT2D eigenvalue weighted by Gasteiger charge is 2.37. The number of nitrogens with one attached hydrogen (secondary N) is 1. The minimum Gasteiger partial charge on any atom is -0.385 e. The molecule has 1 aromatic rings. The first-order valence-corrected chi connectivity index (χ1v) is 7.94. The fourth-order valence-electron chi connectivity index (χ4n) is 3.81. The van der Waals surface area contributed by atoms with Crippen molar-refractivity contribution in [3.8, 4) is 0 Å². The molecule has 3 rings (SSSR count). The lowest BCUT2D eigenvalue weighted by Gasteiger charge is -2.37. The van der Waals surface area contributed by atoms with E-state index < -0.39 is 0 Å². The molecule has 0 radical (unpaired) electrons. The van der Waals surface area contributed by atoms with Crippen LogP contribution in [-0.2, 0) is 0 Å². The number of anilines is 1. The number of hydrogen-bond donors (Lipinski definition) is 1. The molecular weight excluding hydrogens is 248 g/mol. The second kappa shape index (κ2) is 5.86. The molecule has 1 saturated carbocycles. The molecule has 108 valence electrons. The standard InChI is InChI=1S/C17H24N2O/c1-2-18-15-10-8-14(9-11-15)17(20)19-12-4-6-13-5-3-7-16(13)19/h8-11,13,16,18H,2-7,12H2,1H3. The van der Waals surface area contributed by atoms with Crippen molar-refractivity contribution in [3.05, 3.63) is 29.8 Å². The Labute approximate surface area is 121 Å². The van der Waals surface area contributed by atoms with Gasteiger partial charge in [0.05, 0.1) is 0 Å². The van der Waals surface area contributed by atoms with Crippen LogP contribution in [0.25, 0.3) is 0 Å². The van der Waals surface area contributed by atoms with E-state index in [-0.39, 0.29) is 5.91 Å². The normalized spacial score (nSPS) is 25.4. The molecule has 1 aliphatic heterocycles. The first-order chi connectivity index (χ1) is 9.79. The van der Waals surface area contributed by atoms with Gasteiger partial charge in [0, 0.05) is 30.4 Å². The minimum atomic E-state index is 0.227. The Bertz CT molecular complexity index is 468. The van der Waals surface area contributed by atoms with E-state index in [1.807, 2.05) is 24.3 Å². The Morgan fingerprint density at radius 1 is 1.20 bits per heavy atom. The number of rotatable bonds is 3. The van der Waals surface area contributed by atoms with Crippen molar-refractivity contribution in [2.24, 2.45) is 5.92 Å². The summed E-state index contributed by atoms with van der Waals surface area (Å²) < 4.78 is 0. The van der Waals surface area contributed by atoms with Gasteiger partial charge in [-0.1, -0.05) is 6.42 Å². The van der Waals surface area contributed by atoms with Crippen LogP contribution in [0.15, 0.2) is 24.3 Å². The molecule has 1 aliphatic carbocycles. The molecule has 1 heterocycles. The molecule has 2 atom stereocenters. The van der Waals surface area contributed by atoms with Crippen LogP contribution in [0, 0.1) is 5.92 Å². The predicted octanol–water partition coefficient (Wildman–Crippen LogP) is 3.52. The summed E-state index contributed by atoms with van der Waals surface area (Å²) in [6.45, 7) is 3.92. The fourth-order valence-corrected chi connectivity index (χ4v) is 3.81. The molecule has 1 amide bonds. The molecule has 0 aromatic heterocycles. The van der Waals surface area contributed by atoms with Crippen LogP contribution in [0.1, 0.15) is 49.4 Å².